The molecule has 0 radical (unpaired) electrons. The van der Waals surface area contributed by atoms with Crippen molar-refractivity contribution in [3.8, 4) is 11.3 Å². The van der Waals surface area contributed by atoms with Crippen molar-refractivity contribution in [2.24, 2.45) is 0 Å². The quantitative estimate of drug-likeness (QED) is 0.711. The molecule has 0 fully saturated rings. The van der Waals surface area contributed by atoms with Crippen LogP contribution in [0.2, 0.25) is 5.02 Å². The summed E-state index contributed by atoms with van der Waals surface area (Å²) in [6.45, 7) is 0. The normalized spacial score (nSPS) is 10.4. The van der Waals surface area contributed by atoms with Crippen LogP contribution in [0.4, 0.5) is 15.9 Å². The number of anilines is 2. The second kappa shape index (κ2) is 5.94. The molecule has 0 unspecified atom stereocenters. The standard InChI is InChI=1S/C17H12ClFN2/c18-12-8-10-13(11-9-12)20-17-7-3-6-16(21-17)14-4-1-2-5-15(14)19/h1-11H,(H,20,21). The van der Waals surface area contributed by atoms with Crippen molar-refractivity contribution in [1.82, 2.24) is 4.98 Å². The Morgan fingerprint density at radius 3 is 2.38 bits per heavy atom. The predicted molar refractivity (Wildman–Crippen MR) is 84.4 cm³/mol. The zero-order chi connectivity index (χ0) is 14.7. The third-order valence-electron chi connectivity index (χ3n) is 3.02. The highest BCUT2D eigenvalue weighted by molar-refractivity contribution is 6.30. The summed E-state index contributed by atoms with van der Waals surface area (Å²) in [7, 11) is 0. The van der Waals surface area contributed by atoms with Crippen LogP contribution in [0.25, 0.3) is 11.3 Å². The molecule has 104 valence electrons. The fraction of sp³-hybridized carbons (Fsp3) is 0. The molecular formula is C17H12ClFN2. The number of hydrogen-bond acceptors (Lipinski definition) is 2. The summed E-state index contributed by atoms with van der Waals surface area (Å²) in [6, 6.07) is 19.4. The predicted octanol–water partition coefficient (Wildman–Crippen LogP) is 5.28. The van der Waals surface area contributed by atoms with E-state index in [1.807, 2.05) is 24.3 Å². The first kappa shape index (κ1) is 13.6. The second-order valence-corrected chi connectivity index (χ2v) is 4.96. The zero-order valence-corrected chi connectivity index (χ0v) is 11.8. The summed E-state index contributed by atoms with van der Waals surface area (Å²) in [4.78, 5) is 4.44. The Labute approximate surface area is 127 Å². The van der Waals surface area contributed by atoms with Crippen LogP contribution in [0.15, 0.2) is 66.7 Å². The van der Waals surface area contributed by atoms with Crippen LogP contribution in [0.1, 0.15) is 0 Å². The summed E-state index contributed by atoms with van der Waals surface area (Å²) < 4.78 is 13.8. The second-order valence-electron chi connectivity index (χ2n) is 4.52. The van der Waals surface area contributed by atoms with Crippen LogP contribution in [0.3, 0.4) is 0 Å². The molecule has 3 rings (SSSR count). The number of hydrogen-bond donors (Lipinski definition) is 1. The minimum Gasteiger partial charge on any atom is -0.340 e. The zero-order valence-electron chi connectivity index (χ0n) is 11.1. The number of aromatic nitrogens is 1. The van der Waals surface area contributed by atoms with Crippen molar-refractivity contribution in [2.45, 2.75) is 0 Å². The minimum atomic E-state index is -0.284. The molecule has 1 aromatic heterocycles. The van der Waals surface area contributed by atoms with Crippen molar-refractivity contribution in [3.05, 3.63) is 77.6 Å². The Balaban J connectivity index is 1.90. The van der Waals surface area contributed by atoms with Crippen molar-refractivity contribution in [3.63, 3.8) is 0 Å². The Morgan fingerprint density at radius 1 is 0.857 bits per heavy atom. The van der Waals surface area contributed by atoms with E-state index >= 15 is 0 Å². The van der Waals surface area contributed by atoms with E-state index in [0.717, 1.165) is 5.69 Å². The Morgan fingerprint density at radius 2 is 1.62 bits per heavy atom. The lowest BCUT2D eigenvalue weighted by Gasteiger charge is -2.08. The van der Waals surface area contributed by atoms with E-state index in [2.05, 4.69) is 10.3 Å². The molecular weight excluding hydrogens is 287 g/mol. The van der Waals surface area contributed by atoms with E-state index in [-0.39, 0.29) is 5.82 Å². The SMILES string of the molecule is Fc1ccccc1-c1cccc(Nc2ccc(Cl)cc2)n1. The summed E-state index contributed by atoms with van der Waals surface area (Å²) >= 11 is 5.85. The van der Waals surface area contributed by atoms with Crippen LogP contribution < -0.4 is 5.32 Å². The molecule has 0 spiro atoms. The van der Waals surface area contributed by atoms with Gasteiger partial charge in [0.1, 0.15) is 11.6 Å². The first-order valence-corrected chi connectivity index (χ1v) is 6.85. The maximum atomic E-state index is 13.8. The van der Waals surface area contributed by atoms with Gasteiger partial charge in [-0.25, -0.2) is 9.37 Å². The third kappa shape index (κ3) is 3.20. The summed E-state index contributed by atoms with van der Waals surface area (Å²) in [5.74, 6) is 0.367. The van der Waals surface area contributed by atoms with Gasteiger partial charge in [0.15, 0.2) is 0 Å². The van der Waals surface area contributed by atoms with E-state index in [1.54, 1.807) is 36.4 Å². The van der Waals surface area contributed by atoms with E-state index in [1.165, 1.54) is 6.07 Å². The van der Waals surface area contributed by atoms with Gasteiger partial charge in [-0.2, -0.15) is 0 Å². The number of nitrogens with one attached hydrogen (secondary N) is 1. The van der Waals surface area contributed by atoms with Gasteiger partial charge in [0, 0.05) is 16.3 Å². The number of pyridine rings is 1. The highest BCUT2D eigenvalue weighted by Crippen LogP contribution is 2.23. The largest absolute Gasteiger partial charge is 0.340 e. The number of halogens is 2. The van der Waals surface area contributed by atoms with Gasteiger partial charge in [0.25, 0.3) is 0 Å². The Hall–Kier alpha value is -2.39. The summed E-state index contributed by atoms with van der Waals surface area (Å²) in [5.41, 5.74) is 1.95. The monoisotopic (exact) mass is 298 g/mol. The van der Waals surface area contributed by atoms with Crippen molar-refractivity contribution < 1.29 is 4.39 Å². The molecule has 0 saturated carbocycles. The lowest BCUT2D eigenvalue weighted by Crippen LogP contribution is -1.95. The van der Waals surface area contributed by atoms with Gasteiger partial charge in [-0.3, -0.25) is 0 Å². The van der Waals surface area contributed by atoms with Gasteiger partial charge in [-0.05, 0) is 48.5 Å². The van der Waals surface area contributed by atoms with Crippen LogP contribution in [-0.4, -0.2) is 4.98 Å². The molecule has 0 aliphatic rings. The minimum absolute atomic E-state index is 0.284. The van der Waals surface area contributed by atoms with Crippen molar-refractivity contribution >= 4 is 23.1 Å². The van der Waals surface area contributed by atoms with E-state index in [4.69, 9.17) is 11.6 Å². The lowest BCUT2D eigenvalue weighted by atomic mass is 10.1. The molecule has 2 aromatic carbocycles. The van der Waals surface area contributed by atoms with Crippen molar-refractivity contribution in [1.29, 1.82) is 0 Å². The van der Waals surface area contributed by atoms with Crippen molar-refractivity contribution in [2.75, 3.05) is 5.32 Å². The smallest absolute Gasteiger partial charge is 0.132 e. The molecule has 0 saturated heterocycles. The lowest BCUT2D eigenvalue weighted by molar-refractivity contribution is 0.631. The third-order valence-corrected chi connectivity index (χ3v) is 3.27. The Bertz CT molecular complexity index is 757. The molecule has 0 aliphatic carbocycles. The molecule has 0 bridgehead atoms. The molecule has 21 heavy (non-hydrogen) atoms. The van der Waals surface area contributed by atoms with Gasteiger partial charge in [0.2, 0.25) is 0 Å². The van der Waals surface area contributed by atoms with Crippen LogP contribution in [0, 0.1) is 5.82 Å². The number of nitrogens with zero attached hydrogens (tertiary/aromatic N) is 1. The highest BCUT2D eigenvalue weighted by atomic mass is 35.5. The summed E-state index contributed by atoms with van der Waals surface area (Å²) in [6.07, 6.45) is 0. The molecule has 0 atom stereocenters. The topological polar surface area (TPSA) is 24.9 Å². The van der Waals surface area contributed by atoms with Gasteiger partial charge in [-0.15, -0.1) is 0 Å². The number of benzene rings is 2. The van der Waals surface area contributed by atoms with Gasteiger partial charge < -0.3 is 5.32 Å². The Kier molecular flexibility index (Phi) is 3.84. The fourth-order valence-electron chi connectivity index (χ4n) is 2.00. The maximum Gasteiger partial charge on any atom is 0.132 e. The summed E-state index contributed by atoms with van der Waals surface area (Å²) in [5, 5.41) is 3.84. The first-order valence-electron chi connectivity index (χ1n) is 6.47. The number of rotatable bonds is 3. The van der Waals surface area contributed by atoms with Crippen LogP contribution >= 0.6 is 11.6 Å². The van der Waals surface area contributed by atoms with Gasteiger partial charge >= 0.3 is 0 Å². The van der Waals surface area contributed by atoms with Crippen LogP contribution in [-0.2, 0) is 0 Å². The fourth-order valence-corrected chi connectivity index (χ4v) is 2.13. The average Bonchev–Trinajstić information content (AvgIpc) is 2.50. The van der Waals surface area contributed by atoms with E-state index in [9.17, 15) is 4.39 Å². The molecule has 0 amide bonds. The molecule has 4 heteroatoms. The van der Waals surface area contributed by atoms with E-state index in [0.29, 0.717) is 22.1 Å². The molecule has 3 aromatic rings. The molecule has 1 heterocycles. The average molecular weight is 299 g/mol. The maximum absolute atomic E-state index is 13.8. The van der Waals surface area contributed by atoms with E-state index < -0.39 is 0 Å². The van der Waals surface area contributed by atoms with Crippen LogP contribution in [0.5, 0.6) is 0 Å². The molecule has 1 N–H and O–H groups in total. The van der Waals surface area contributed by atoms with Gasteiger partial charge in [0.05, 0.1) is 5.69 Å². The first-order chi connectivity index (χ1) is 10.2. The highest BCUT2D eigenvalue weighted by Gasteiger charge is 2.06. The van der Waals surface area contributed by atoms with Gasteiger partial charge in [-0.1, -0.05) is 29.8 Å². The molecule has 2 nitrogen and oxygen atoms in total. The molecule has 0 aliphatic heterocycles.